The fourth-order valence-electron chi connectivity index (χ4n) is 2.69. The first-order chi connectivity index (χ1) is 10.2. The molecule has 2 aromatic carbocycles. The molecule has 0 radical (unpaired) electrons. The van der Waals surface area contributed by atoms with Crippen LogP contribution in [0.1, 0.15) is 19.4 Å². The first-order valence-corrected chi connectivity index (χ1v) is 7.01. The van der Waals surface area contributed by atoms with E-state index in [0.29, 0.717) is 0 Å². The molecule has 0 aliphatic carbocycles. The molecule has 0 bridgehead atoms. The van der Waals surface area contributed by atoms with Crippen molar-refractivity contribution in [3.8, 4) is 0 Å². The molecule has 3 aromatic rings. The molecular weight excluding hydrogens is 262 g/mol. The standard InChI is InChI=1S/C17H17N3O/c1-3-20-16-7-5-4-6-14(16)15-10-13(8-9-17(15)20)11-18-19-12(2)21/h4-11H,3H2,1-2H3,(H,19,21)/b18-11+. The first kappa shape index (κ1) is 13.4. The Morgan fingerprint density at radius 1 is 1.19 bits per heavy atom. The summed E-state index contributed by atoms with van der Waals surface area (Å²) in [5.41, 5.74) is 5.85. The van der Waals surface area contributed by atoms with Crippen molar-refractivity contribution in [1.29, 1.82) is 0 Å². The van der Waals surface area contributed by atoms with Crippen molar-refractivity contribution < 1.29 is 4.79 Å². The van der Waals surface area contributed by atoms with Gasteiger partial charge in [-0.3, -0.25) is 4.79 Å². The second-order valence-corrected chi connectivity index (χ2v) is 4.96. The number of para-hydroxylation sites is 1. The molecule has 0 aliphatic heterocycles. The van der Waals surface area contributed by atoms with Gasteiger partial charge in [0, 0.05) is 35.3 Å². The highest BCUT2D eigenvalue weighted by molar-refractivity contribution is 6.09. The molecule has 3 rings (SSSR count). The number of aryl methyl sites for hydroxylation is 1. The van der Waals surface area contributed by atoms with Crippen LogP contribution in [0, 0.1) is 0 Å². The minimum atomic E-state index is -0.171. The Labute approximate surface area is 123 Å². The van der Waals surface area contributed by atoms with E-state index in [0.717, 1.165) is 12.1 Å². The number of nitrogens with zero attached hydrogens (tertiary/aromatic N) is 2. The highest BCUT2D eigenvalue weighted by atomic mass is 16.2. The lowest BCUT2D eigenvalue weighted by Crippen LogP contribution is -2.12. The molecule has 0 spiro atoms. The van der Waals surface area contributed by atoms with Gasteiger partial charge in [-0.05, 0) is 30.7 Å². The molecule has 0 atom stereocenters. The topological polar surface area (TPSA) is 46.4 Å². The van der Waals surface area contributed by atoms with E-state index in [-0.39, 0.29) is 5.91 Å². The maximum absolute atomic E-state index is 10.8. The number of amides is 1. The summed E-state index contributed by atoms with van der Waals surface area (Å²) in [5, 5.41) is 6.37. The predicted octanol–water partition coefficient (Wildman–Crippen LogP) is 3.28. The van der Waals surface area contributed by atoms with Crippen molar-refractivity contribution in [3.05, 3.63) is 48.0 Å². The molecule has 4 nitrogen and oxygen atoms in total. The van der Waals surface area contributed by atoms with Gasteiger partial charge in [-0.2, -0.15) is 5.10 Å². The molecular formula is C17H17N3O. The van der Waals surface area contributed by atoms with Gasteiger partial charge < -0.3 is 4.57 Å². The van der Waals surface area contributed by atoms with Crippen LogP contribution in [0.25, 0.3) is 21.8 Å². The summed E-state index contributed by atoms with van der Waals surface area (Å²) in [4.78, 5) is 10.8. The van der Waals surface area contributed by atoms with Crippen molar-refractivity contribution in [2.24, 2.45) is 5.10 Å². The number of rotatable bonds is 3. The normalized spacial score (nSPS) is 11.5. The van der Waals surface area contributed by atoms with E-state index in [1.165, 1.54) is 28.7 Å². The Morgan fingerprint density at radius 3 is 2.71 bits per heavy atom. The van der Waals surface area contributed by atoms with Gasteiger partial charge in [-0.1, -0.05) is 24.3 Å². The number of aromatic nitrogens is 1. The van der Waals surface area contributed by atoms with E-state index >= 15 is 0 Å². The molecule has 4 heteroatoms. The number of hydrogen-bond acceptors (Lipinski definition) is 2. The largest absolute Gasteiger partial charge is 0.341 e. The highest BCUT2D eigenvalue weighted by Crippen LogP contribution is 2.29. The quantitative estimate of drug-likeness (QED) is 0.580. The van der Waals surface area contributed by atoms with Gasteiger partial charge in [0.15, 0.2) is 0 Å². The number of nitrogens with one attached hydrogen (secondary N) is 1. The molecule has 0 aliphatic rings. The third-order valence-electron chi connectivity index (χ3n) is 3.55. The summed E-state index contributed by atoms with van der Waals surface area (Å²) in [6.45, 7) is 4.52. The zero-order valence-corrected chi connectivity index (χ0v) is 12.1. The number of benzene rings is 2. The van der Waals surface area contributed by atoms with E-state index in [4.69, 9.17) is 0 Å². The fourth-order valence-corrected chi connectivity index (χ4v) is 2.69. The molecule has 0 saturated carbocycles. The second kappa shape index (κ2) is 5.40. The van der Waals surface area contributed by atoms with Gasteiger partial charge in [0.1, 0.15) is 0 Å². The molecule has 0 fully saturated rings. The average Bonchev–Trinajstić information content (AvgIpc) is 2.80. The third-order valence-corrected chi connectivity index (χ3v) is 3.55. The van der Waals surface area contributed by atoms with E-state index in [1.54, 1.807) is 6.21 Å². The Bertz CT molecular complexity index is 846. The fraction of sp³-hybridized carbons (Fsp3) is 0.176. The smallest absolute Gasteiger partial charge is 0.236 e. The lowest BCUT2D eigenvalue weighted by molar-refractivity contribution is -0.118. The molecule has 1 aromatic heterocycles. The lowest BCUT2D eigenvalue weighted by Gasteiger charge is -2.02. The summed E-state index contributed by atoms with van der Waals surface area (Å²) in [7, 11) is 0. The maximum Gasteiger partial charge on any atom is 0.236 e. The highest BCUT2D eigenvalue weighted by Gasteiger charge is 2.08. The van der Waals surface area contributed by atoms with Crippen LogP contribution in [-0.2, 0) is 11.3 Å². The third kappa shape index (κ3) is 2.40. The number of hydrogen-bond donors (Lipinski definition) is 1. The number of hydrazone groups is 1. The molecule has 0 unspecified atom stereocenters. The van der Waals surface area contributed by atoms with Crippen molar-refractivity contribution in [3.63, 3.8) is 0 Å². The van der Waals surface area contributed by atoms with Crippen LogP contribution >= 0.6 is 0 Å². The zero-order chi connectivity index (χ0) is 14.8. The van der Waals surface area contributed by atoms with Gasteiger partial charge in [0.25, 0.3) is 0 Å². The molecule has 21 heavy (non-hydrogen) atoms. The summed E-state index contributed by atoms with van der Waals surface area (Å²) >= 11 is 0. The van der Waals surface area contributed by atoms with Crippen LogP contribution in [-0.4, -0.2) is 16.7 Å². The van der Waals surface area contributed by atoms with Crippen molar-refractivity contribution in [2.45, 2.75) is 20.4 Å². The molecule has 1 amide bonds. The lowest BCUT2D eigenvalue weighted by atomic mass is 10.1. The summed E-state index contributed by atoms with van der Waals surface area (Å²) in [6, 6.07) is 14.6. The predicted molar refractivity (Wildman–Crippen MR) is 86.5 cm³/mol. The minimum absolute atomic E-state index is 0.171. The molecule has 1 heterocycles. The number of carbonyl (C=O) groups excluding carboxylic acids is 1. The summed E-state index contributed by atoms with van der Waals surface area (Å²) in [5.74, 6) is -0.171. The van der Waals surface area contributed by atoms with Crippen LogP contribution in [0.4, 0.5) is 0 Å². The second-order valence-electron chi connectivity index (χ2n) is 4.96. The van der Waals surface area contributed by atoms with Crippen molar-refractivity contribution in [1.82, 2.24) is 9.99 Å². The molecule has 1 N–H and O–H groups in total. The number of fused-ring (bicyclic) bond motifs is 3. The van der Waals surface area contributed by atoms with Crippen LogP contribution in [0.2, 0.25) is 0 Å². The van der Waals surface area contributed by atoms with Crippen LogP contribution < -0.4 is 5.43 Å². The van der Waals surface area contributed by atoms with Gasteiger partial charge in [0.2, 0.25) is 5.91 Å². The molecule has 106 valence electrons. The van der Waals surface area contributed by atoms with E-state index in [1.807, 2.05) is 6.07 Å². The minimum Gasteiger partial charge on any atom is -0.341 e. The van der Waals surface area contributed by atoms with Crippen LogP contribution in [0.3, 0.4) is 0 Å². The Kier molecular flexibility index (Phi) is 3.44. The van der Waals surface area contributed by atoms with Gasteiger partial charge in [-0.15, -0.1) is 0 Å². The summed E-state index contributed by atoms with van der Waals surface area (Å²) < 4.78 is 2.30. The monoisotopic (exact) mass is 279 g/mol. The first-order valence-electron chi connectivity index (χ1n) is 7.01. The van der Waals surface area contributed by atoms with E-state index < -0.39 is 0 Å². The van der Waals surface area contributed by atoms with E-state index in [2.05, 4.69) is 58.4 Å². The Hall–Kier alpha value is -2.62. The van der Waals surface area contributed by atoms with Crippen molar-refractivity contribution in [2.75, 3.05) is 0 Å². The Morgan fingerprint density at radius 2 is 1.95 bits per heavy atom. The Balaban J connectivity index is 2.15. The maximum atomic E-state index is 10.8. The van der Waals surface area contributed by atoms with Crippen molar-refractivity contribution >= 4 is 33.9 Å². The zero-order valence-electron chi connectivity index (χ0n) is 12.1. The van der Waals surface area contributed by atoms with Crippen LogP contribution in [0.5, 0.6) is 0 Å². The van der Waals surface area contributed by atoms with E-state index in [9.17, 15) is 4.79 Å². The SMILES string of the molecule is CCn1c2ccccc2c2cc(/C=N/NC(C)=O)ccc21. The van der Waals surface area contributed by atoms with Gasteiger partial charge in [0.05, 0.1) is 6.21 Å². The number of carbonyl (C=O) groups is 1. The van der Waals surface area contributed by atoms with Crippen LogP contribution in [0.15, 0.2) is 47.6 Å². The van der Waals surface area contributed by atoms with Gasteiger partial charge in [-0.25, -0.2) is 5.43 Å². The summed E-state index contributed by atoms with van der Waals surface area (Å²) in [6.07, 6.45) is 1.67. The van der Waals surface area contributed by atoms with Gasteiger partial charge >= 0.3 is 0 Å². The molecule has 0 saturated heterocycles. The average molecular weight is 279 g/mol.